The Hall–Kier alpha value is -1.81. The van der Waals surface area contributed by atoms with Gasteiger partial charge in [0.1, 0.15) is 6.10 Å². The zero-order valence-electron chi connectivity index (χ0n) is 12.7. The number of halogens is 2. The Morgan fingerprint density at radius 2 is 1.62 bits per heavy atom. The Bertz CT molecular complexity index is 851. The van der Waals surface area contributed by atoms with Gasteiger partial charge in [-0.25, -0.2) is 0 Å². The number of nitrogens with one attached hydrogen (secondary N) is 1. The van der Waals surface area contributed by atoms with E-state index in [1.165, 1.54) is 0 Å². The third kappa shape index (κ3) is 3.07. The van der Waals surface area contributed by atoms with Crippen LogP contribution in [0.5, 0.6) is 0 Å². The van der Waals surface area contributed by atoms with E-state index in [0.29, 0.717) is 5.02 Å². The molecule has 4 heteroatoms. The molecule has 3 aromatic rings. The van der Waals surface area contributed by atoms with Crippen LogP contribution in [0.4, 0.5) is 5.69 Å². The Balaban J connectivity index is 1.77. The fraction of sp³-hybridized carbons (Fsp3) is 0.100. The van der Waals surface area contributed by atoms with Crippen LogP contribution in [0.3, 0.4) is 0 Å². The van der Waals surface area contributed by atoms with E-state index in [2.05, 4.69) is 45.5 Å². The minimum atomic E-state index is -0.211. The minimum absolute atomic E-state index is 0.158. The van der Waals surface area contributed by atoms with E-state index in [9.17, 15) is 0 Å². The van der Waals surface area contributed by atoms with Gasteiger partial charge in [-0.05, 0) is 35.9 Å². The van der Waals surface area contributed by atoms with E-state index in [4.69, 9.17) is 16.3 Å². The molecule has 1 heterocycles. The van der Waals surface area contributed by atoms with Crippen molar-refractivity contribution < 1.29 is 4.74 Å². The molecule has 0 spiro atoms. The SMILES string of the molecule is Clc1ccc2c(c1)[C@H](c1ccccc1)O[C@H](c1ccc(Br)cc1)N2. The van der Waals surface area contributed by atoms with Gasteiger partial charge in [0.2, 0.25) is 0 Å². The number of hydrogen-bond acceptors (Lipinski definition) is 2. The smallest absolute Gasteiger partial charge is 0.155 e. The Labute approximate surface area is 154 Å². The van der Waals surface area contributed by atoms with Crippen molar-refractivity contribution in [3.63, 3.8) is 0 Å². The quantitative estimate of drug-likeness (QED) is 0.542. The van der Waals surface area contributed by atoms with Gasteiger partial charge in [0, 0.05) is 26.3 Å². The average molecular weight is 401 g/mol. The summed E-state index contributed by atoms with van der Waals surface area (Å²) in [6, 6.07) is 24.3. The van der Waals surface area contributed by atoms with E-state index in [1.807, 2.05) is 48.5 Å². The first-order valence-corrected chi connectivity index (χ1v) is 8.90. The lowest BCUT2D eigenvalue weighted by Crippen LogP contribution is -2.25. The van der Waals surface area contributed by atoms with Gasteiger partial charge in [0.15, 0.2) is 6.23 Å². The van der Waals surface area contributed by atoms with Crippen molar-refractivity contribution in [1.82, 2.24) is 0 Å². The van der Waals surface area contributed by atoms with Crippen LogP contribution in [-0.4, -0.2) is 0 Å². The van der Waals surface area contributed by atoms with Gasteiger partial charge in [-0.2, -0.15) is 0 Å². The fourth-order valence-electron chi connectivity index (χ4n) is 2.95. The van der Waals surface area contributed by atoms with Crippen molar-refractivity contribution >= 4 is 33.2 Å². The molecule has 2 atom stereocenters. The average Bonchev–Trinajstić information content (AvgIpc) is 2.62. The summed E-state index contributed by atoms with van der Waals surface area (Å²) >= 11 is 9.69. The molecule has 4 rings (SSSR count). The van der Waals surface area contributed by atoms with Crippen molar-refractivity contribution in [2.24, 2.45) is 0 Å². The van der Waals surface area contributed by atoms with E-state index in [1.54, 1.807) is 0 Å². The van der Waals surface area contributed by atoms with Gasteiger partial charge in [0.25, 0.3) is 0 Å². The monoisotopic (exact) mass is 399 g/mol. The highest BCUT2D eigenvalue weighted by Gasteiger charge is 2.29. The van der Waals surface area contributed by atoms with Crippen LogP contribution in [0.1, 0.15) is 29.0 Å². The number of hydrogen-bond donors (Lipinski definition) is 1. The molecule has 3 aromatic carbocycles. The van der Waals surface area contributed by atoms with Gasteiger partial charge < -0.3 is 10.1 Å². The molecule has 24 heavy (non-hydrogen) atoms. The predicted octanol–water partition coefficient (Wildman–Crippen LogP) is 6.33. The normalized spacial score (nSPS) is 19.4. The molecule has 1 aliphatic rings. The maximum Gasteiger partial charge on any atom is 0.155 e. The largest absolute Gasteiger partial charge is 0.356 e. The first kappa shape index (κ1) is 15.7. The molecule has 0 aliphatic carbocycles. The molecule has 2 nitrogen and oxygen atoms in total. The van der Waals surface area contributed by atoms with Crippen LogP contribution in [0, 0.1) is 0 Å². The molecule has 0 fully saturated rings. The summed E-state index contributed by atoms with van der Waals surface area (Å²) in [5.74, 6) is 0. The lowest BCUT2D eigenvalue weighted by Gasteiger charge is -2.34. The van der Waals surface area contributed by atoms with Crippen LogP contribution >= 0.6 is 27.5 Å². The van der Waals surface area contributed by atoms with Crippen LogP contribution < -0.4 is 5.32 Å². The second kappa shape index (κ2) is 6.60. The van der Waals surface area contributed by atoms with E-state index < -0.39 is 0 Å². The van der Waals surface area contributed by atoms with Crippen LogP contribution in [0.15, 0.2) is 77.3 Å². The van der Waals surface area contributed by atoms with Crippen molar-refractivity contribution in [3.05, 3.63) is 99.0 Å². The molecule has 0 amide bonds. The number of ether oxygens (including phenoxy) is 1. The fourth-order valence-corrected chi connectivity index (χ4v) is 3.40. The number of benzene rings is 3. The highest BCUT2D eigenvalue weighted by molar-refractivity contribution is 9.10. The summed E-state index contributed by atoms with van der Waals surface area (Å²) in [6.07, 6.45) is -0.369. The molecule has 0 radical (unpaired) electrons. The zero-order valence-corrected chi connectivity index (χ0v) is 15.1. The molecular weight excluding hydrogens is 386 g/mol. The van der Waals surface area contributed by atoms with Crippen LogP contribution in [0.25, 0.3) is 0 Å². The minimum Gasteiger partial charge on any atom is -0.356 e. The van der Waals surface area contributed by atoms with Gasteiger partial charge >= 0.3 is 0 Å². The lowest BCUT2D eigenvalue weighted by atomic mass is 9.97. The number of fused-ring (bicyclic) bond motifs is 1. The van der Waals surface area contributed by atoms with Crippen LogP contribution in [0.2, 0.25) is 5.02 Å². The van der Waals surface area contributed by atoms with Gasteiger partial charge in [-0.1, -0.05) is 70.0 Å². The Morgan fingerprint density at radius 1 is 0.875 bits per heavy atom. The first-order valence-electron chi connectivity index (χ1n) is 7.72. The predicted molar refractivity (Wildman–Crippen MR) is 101 cm³/mol. The lowest BCUT2D eigenvalue weighted by molar-refractivity contribution is 0.0157. The molecule has 0 unspecified atom stereocenters. The maximum atomic E-state index is 6.39. The van der Waals surface area contributed by atoms with Crippen molar-refractivity contribution in [1.29, 1.82) is 0 Å². The topological polar surface area (TPSA) is 21.3 Å². The Kier molecular flexibility index (Phi) is 4.31. The van der Waals surface area contributed by atoms with E-state index in [0.717, 1.165) is 26.9 Å². The Morgan fingerprint density at radius 3 is 2.38 bits per heavy atom. The van der Waals surface area contributed by atoms with Gasteiger partial charge in [-0.3, -0.25) is 0 Å². The molecule has 120 valence electrons. The molecular formula is C20H15BrClNO. The molecule has 0 saturated carbocycles. The summed E-state index contributed by atoms with van der Waals surface area (Å²) in [4.78, 5) is 0. The number of rotatable bonds is 2. The highest BCUT2D eigenvalue weighted by Crippen LogP contribution is 2.42. The second-order valence-corrected chi connectivity index (χ2v) is 7.09. The highest BCUT2D eigenvalue weighted by atomic mass is 79.9. The van der Waals surface area contributed by atoms with Crippen LogP contribution in [-0.2, 0) is 4.74 Å². The van der Waals surface area contributed by atoms with Crippen molar-refractivity contribution in [2.75, 3.05) is 5.32 Å². The first-order chi connectivity index (χ1) is 11.7. The number of anilines is 1. The van der Waals surface area contributed by atoms with Crippen molar-refractivity contribution in [3.8, 4) is 0 Å². The summed E-state index contributed by atoms with van der Waals surface area (Å²) in [6.45, 7) is 0. The summed E-state index contributed by atoms with van der Waals surface area (Å²) in [5.41, 5.74) is 4.30. The van der Waals surface area contributed by atoms with E-state index in [-0.39, 0.29) is 12.3 Å². The molecule has 0 saturated heterocycles. The standard InChI is InChI=1S/C20H15BrClNO/c21-15-8-6-14(7-9-15)20-23-18-11-10-16(22)12-17(18)19(24-20)13-4-2-1-3-5-13/h1-12,19-20,23H/t19-,20+/m0/s1. The summed E-state index contributed by atoms with van der Waals surface area (Å²) in [7, 11) is 0. The second-order valence-electron chi connectivity index (χ2n) is 5.73. The van der Waals surface area contributed by atoms with Gasteiger partial charge in [0.05, 0.1) is 0 Å². The van der Waals surface area contributed by atoms with Crippen molar-refractivity contribution in [2.45, 2.75) is 12.3 Å². The van der Waals surface area contributed by atoms with E-state index >= 15 is 0 Å². The molecule has 0 aromatic heterocycles. The summed E-state index contributed by atoms with van der Waals surface area (Å²) in [5, 5.41) is 4.17. The molecule has 1 aliphatic heterocycles. The molecule has 1 N–H and O–H groups in total. The maximum absolute atomic E-state index is 6.39. The summed E-state index contributed by atoms with van der Waals surface area (Å²) < 4.78 is 7.44. The third-order valence-electron chi connectivity index (χ3n) is 4.13. The third-order valence-corrected chi connectivity index (χ3v) is 4.89. The molecule has 0 bridgehead atoms. The van der Waals surface area contributed by atoms with Gasteiger partial charge in [-0.15, -0.1) is 0 Å². The zero-order chi connectivity index (χ0) is 16.5.